The molecule has 2 aromatic rings. The molecule has 0 radical (unpaired) electrons. The van der Waals surface area contributed by atoms with E-state index in [9.17, 15) is 0 Å². The van der Waals surface area contributed by atoms with Crippen molar-refractivity contribution < 1.29 is 9.26 Å². The summed E-state index contributed by atoms with van der Waals surface area (Å²) in [6, 6.07) is 7.50. The van der Waals surface area contributed by atoms with Crippen LogP contribution in [0.5, 0.6) is 5.75 Å². The molecule has 1 heterocycles. The normalized spacial score (nSPS) is 11.2. The van der Waals surface area contributed by atoms with Gasteiger partial charge in [-0.1, -0.05) is 36.7 Å². The van der Waals surface area contributed by atoms with Crippen molar-refractivity contribution >= 4 is 41.5 Å². The molecule has 8 heteroatoms. The average molecular weight is 493 g/mol. The largest absolute Gasteiger partial charge is 0.496 e. The number of halogens is 2. The zero-order valence-corrected chi connectivity index (χ0v) is 18.6. The van der Waals surface area contributed by atoms with Gasteiger partial charge in [-0.2, -0.15) is 0 Å². The summed E-state index contributed by atoms with van der Waals surface area (Å²) in [6.07, 6.45) is 0. The second-order valence-corrected chi connectivity index (χ2v) is 6.31. The second kappa shape index (κ2) is 11.3. The van der Waals surface area contributed by atoms with Gasteiger partial charge in [-0.05, 0) is 25.0 Å². The zero-order chi connectivity index (χ0) is 18.2. The molecule has 0 aliphatic carbocycles. The van der Waals surface area contributed by atoms with E-state index in [4.69, 9.17) is 20.9 Å². The number of ether oxygens (including phenoxy) is 1. The lowest BCUT2D eigenvalue weighted by molar-refractivity contribution is 0.372. The zero-order valence-electron chi connectivity index (χ0n) is 15.5. The van der Waals surface area contributed by atoms with Crippen molar-refractivity contribution in [2.24, 2.45) is 4.99 Å². The summed E-state index contributed by atoms with van der Waals surface area (Å²) in [4.78, 5) is 4.59. The van der Waals surface area contributed by atoms with Crippen molar-refractivity contribution in [3.05, 3.63) is 46.3 Å². The van der Waals surface area contributed by atoms with Gasteiger partial charge in [0.15, 0.2) is 11.7 Å². The van der Waals surface area contributed by atoms with Crippen LogP contribution in [0, 0.1) is 0 Å². The SMILES string of the molecule is CCNC(=NCc1ccc(Cl)cc1OC)NCc1cc(C(C)C)no1.I. The summed E-state index contributed by atoms with van der Waals surface area (Å²) in [5.74, 6) is 2.54. The van der Waals surface area contributed by atoms with E-state index < -0.39 is 0 Å². The highest BCUT2D eigenvalue weighted by Crippen LogP contribution is 2.23. The van der Waals surface area contributed by atoms with Crippen molar-refractivity contribution in [3.63, 3.8) is 0 Å². The van der Waals surface area contributed by atoms with Gasteiger partial charge in [0.1, 0.15) is 5.75 Å². The predicted molar refractivity (Wildman–Crippen MR) is 116 cm³/mol. The van der Waals surface area contributed by atoms with Gasteiger partial charge in [-0.25, -0.2) is 4.99 Å². The lowest BCUT2D eigenvalue weighted by Crippen LogP contribution is -2.36. The molecule has 6 nitrogen and oxygen atoms in total. The van der Waals surface area contributed by atoms with Crippen LogP contribution in [0.4, 0.5) is 0 Å². The van der Waals surface area contributed by atoms with Crippen LogP contribution in [0.25, 0.3) is 0 Å². The molecule has 2 N–H and O–H groups in total. The quantitative estimate of drug-likeness (QED) is 0.342. The monoisotopic (exact) mass is 492 g/mol. The highest BCUT2D eigenvalue weighted by Gasteiger charge is 2.09. The van der Waals surface area contributed by atoms with Crippen molar-refractivity contribution in [1.29, 1.82) is 0 Å². The lowest BCUT2D eigenvalue weighted by atomic mass is 10.1. The van der Waals surface area contributed by atoms with Crippen LogP contribution >= 0.6 is 35.6 Å². The topological polar surface area (TPSA) is 71.7 Å². The van der Waals surface area contributed by atoms with E-state index in [0.717, 1.165) is 29.3 Å². The van der Waals surface area contributed by atoms with Crippen LogP contribution in [0.2, 0.25) is 5.02 Å². The average Bonchev–Trinajstić information content (AvgIpc) is 3.07. The molecule has 1 aromatic carbocycles. The van der Waals surface area contributed by atoms with Crippen LogP contribution < -0.4 is 15.4 Å². The Labute approximate surface area is 176 Å². The molecular weight excluding hydrogens is 467 g/mol. The number of nitrogens with zero attached hydrogens (tertiary/aromatic N) is 2. The van der Waals surface area contributed by atoms with Crippen LogP contribution in [-0.2, 0) is 13.1 Å². The first-order valence-corrected chi connectivity index (χ1v) is 8.71. The minimum Gasteiger partial charge on any atom is -0.496 e. The number of rotatable bonds is 7. The highest BCUT2D eigenvalue weighted by molar-refractivity contribution is 14.0. The predicted octanol–water partition coefficient (Wildman–Crippen LogP) is 4.33. The third-order valence-corrected chi connectivity index (χ3v) is 3.83. The minimum absolute atomic E-state index is 0. The highest BCUT2D eigenvalue weighted by atomic mass is 127. The van der Waals surface area contributed by atoms with E-state index >= 15 is 0 Å². The Morgan fingerprint density at radius 1 is 1.31 bits per heavy atom. The van der Waals surface area contributed by atoms with Crippen LogP contribution in [-0.4, -0.2) is 24.8 Å². The third kappa shape index (κ3) is 6.68. The molecule has 0 atom stereocenters. The lowest BCUT2D eigenvalue weighted by Gasteiger charge is -2.11. The molecule has 0 unspecified atom stereocenters. The van der Waals surface area contributed by atoms with Crippen molar-refractivity contribution in [1.82, 2.24) is 15.8 Å². The summed E-state index contributed by atoms with van der Waals surface area (Å²) in [5, 5.41) is 11.2. The molecule has 0 fully saturated rings. The Balaban J connectivity index is 0.00000338. The molecular formula is C18H26ClIN4O2. The molecule has 2 rings (SSSR count). The van der Waals surface area contributed by atoms with E-state index in [0.29, 0.717) is 30.0 Å². The number of nitrogens with one attached hydrogen (secondary N) is 2. The first-order chi connectivity index (χ1) is 12.0. The molecule has 0 spiro atoms. The van der Waals surface area contributed by atoms with Gasteiger partial charge < -0.3 is 19.9 Å². The Bertz CT molecular complexity index is 719. The fraction of sp³-hybridized carbons (Fsp3) is 0.444. The number of hydrogen-bond donors (Lipinski definition) is 2. The van der Waals surface area contributed by atoms with Gasteiger partial charge in [0.2, 0.25) is 0 Å². The van der Waals surface area contributed by atoms with Gasteiger partial charge in [-0.3, -0.25) is 0 Å². The fourth-order valence-electron chi connectivity index (χ4n) is 2.21. The van der Waals surface area contributed by atoms with Gasteiger partial charge in [0, 0.05) is 23.2 Å². The summed E-state index contributed by atoms with van der Waals surface area (Å²) in [6.45, 7) is 7.94. The summed E-state index contributed by atoms with van der Waals surface area (Å²) in [5.41, 5.74) is 1.91. The third-order valence-electron chi connectivity index (χ3n) is 3.60. The number of aliphatic imine (C=N–C) groups is 1. The number of hydrogen-bond acceptors (Lipinski definition) is 4. The van der Waals surface area contributed by atoms with Crippen molar-refractivity contribution in [3.8, 4) is 5.75 Å². The van der Waals surface area contributed by atoms with Gasteiger partial charge in [0.25, 0.3) is 0 Å². The first kappa shape index (κ1) is 22.6. The second-order valence-electron chi connectivity index (χ2n) is 5.88. The maximum Gasteiger partial charge on any atom is 0.191 e. The van der Waals surface area contributed by atoms with E-state index in [1.54, 1.807) is 13.2 Å². The Morgan fingerprint density at radius 3 is 2.69 bits per heavy atom. The van der Waals surface area contributed by atoms with Crippen molar-refractivity contribution in [2.75, 3.05) is 13.7 Å². The standard InChI is InChI=1S/C18H25ClN4O2.HI/c1-5-20-18(22-11-15-9-16(12(2)3)23-25-15)21-10-13-6-7-14(19)8-17(13)24-4;/h6-9,12H,5,10-11H2,1-4H3,(H2,20,21,22);1H. The maximum atomic E-state index is 5.99. The maximum absolute atomic E-state index is 5.99. The fourth-order valence-corrected chi connectivity index (χ4v) is 2.37. The van der Waals surface area contributed by atoms with E-state index in [1.807, 2.05) is 25.1 Å². The van der Waals surface area contributed by atoms with Gasteiger partial charge >= 0.3 is 0 Å². The van der Waals surface area contributed by atoms with Gasteiger partial charge in [-0.15, -0.1) is 24.0 Å². The molecule has 1 aromatic heterocycles. The van der Waals surface area contributed by atoms with Crippen LogP contribution in [0.1, 0.15) is 43.7 Å². The molecule has 144 valence electrons. The number of aromatic nitrogens is 1. The molecule has 0 saturated heterocycles. The van der Waals surface area contributed by atoms with Gasteiger partial charge in [0.05, 0.1) is 25.9 Å². The molecule has 0 aliphatic rings. The Hall–Kier alpha value is -1.48. The Morgan fingerprint density at radius 2 is 2.08 bits per heavy atom. The number of guanidine groups is 1. The summed E-state index contributed by atoms with van der Waals surface area (Å²) < 4.78 is 10.7. The summed E-state index contributed by atoms with van der Waals surface area (Å²) >= 11 is 5.99. The number of methoxy groups -OCH3 is 1. The van der Waals surface area contributed by atoms with E-state index in [1.165, 1.54) is 0 Å². The van der Waals surface area contributed by atoms with Crippen molar-refractivity contribution in [2.45, 2.75) is 39.8 Å². The number of benzene rings is 1. The molecule has 0 bridgehead atoms. The molecule has 0 aliphatic heterocycles. The minimum atomic E-state index is 0. The van der Waals surface area contributed by atoms with Crippen LogP contribution in [0.15, 0.2) is 33.8 Å². The van der Waals surface area contributed by atoms with E-state index in [-0.39, 0.29) is 24.0 Å². The Kier molecular flexibility index (Phi) is 9.79. The summed E-state index contributed by atoms with van der Waals surface area (Å²) in [7, 11) is 1.62. The molecule has 26 heavy (non-hydrogen) atoms. The molecule has 0 saturated carbocycles. The molecule has 0 amide bonds. The first-order valence-electron chi connectivity index (χ1n) is 8.33. The smallest absolute Gasteiger partial charge is 0.191 e. The van der Waals surface area contributed by atoms with Crippen LogP contribution in [0.3, 0.4) is 0 Å². The van der Waals surface area contributed by atoms with E-state index in [2.05, 4.69) is 34.6 Å².